The van der Waals surface area contributed by atoms with Crippen LogP contribution >= 0.6 is 22.6 Å². The highest BCUT2D eigenvalue weighted by atomic mass is 127. The van der Waals surface area contributed by atoms with Crippen LogP contribution in [0.15, 0.2) is 6.20 Å². The molecule has 0 aromatic carbocycles. The smallest absolute Gasteiger partial charge is 0.394 e. The van der Waals surface area contributed by atoms with Crippen molar-refractivity contribution in [3.8, 4) is 5.88 Å². The minimum Gasteiger partial charge on any atom is -0.394 e. The number of nitrogens with zero attached hydrogens (tertiary/aromatic N) is 1. The molecule has 8 heteroatoms. The Morgan fingerprint density at radius 3 is 2.53 bits per heavy atom. The van der Waals surface area contributed by atoms with E-state index in [1.54, 1.807) is 0 Å². The maximum absolute atomic E-state index is 11.9. The van der Waals surface area contributed by atoms with Crippen LogP contribution in [0.5, 0.6) is 5.88 Å². The Labute approximate surface area is 96.9 Å². The van der Waals surface area contributed by atoms with Crippen molar-refractivity contribution in [1.82, 2.24) is 4.98 Å². The van der Waals surface area contributed by atoms with Crippen LogP contribution in [0, 0.1) is 3.57 Å². The van der Waals surface area contributed by atoms with E-state index in [0.717, 1.165) is 0 Å². The number of rotatable bonds is 2. The van der Waals surface area contributed by atoms with E-state index in [4.69, 9.17) is 11.5 Å². The van der Waals surface area contributed by atoms with E-state index in [0.29, 0.717) is 9.13 Å². The molecule has 15 heavy (non-hydrogen) atoms. The number of pyridine rings is 1. The number of hydrogen-bond donors (Lipinski definition) is 2. The van der Waals surface area contributed by atoms with Gasteiger partial charge in [0, 0.05) is 21.9 Å². The lowest BCUT2D eigenvalue weighted by Gasteiger charge is -2.12. The number of alkyl halides is 3. The number of nitrogens with two attached hydrogens (primary N) is 2. The van der Waals surface area contributed by atoms with Crippen molar-refractivity contribution in [3.05, 3.63) is 15.3 Å². The number of anilines is 1. The van der Waals surface area contributed by atoms with E-state index < -0.39 is 12.2 Å². The molecule has 0 unspecified atom stereocenters. The predicted octanol–water partition coefficient (Wildman–Crippen LogP) is 1.63. The highest BCUT2D eigenvalue weighted by Gasteiger charge is 2.33. The fraction of sp³-hybridized carbons (Fsp3) is 0.286. The SMILES string of the molecule is NCc1c(I)cnc(OC(F)(F)F)c1N. The second kappa shape index (κ2) is 4.39. The second-order valence-electron chi connectivity index (χ2n) is 2.56. The van der Waals surface area contributed by atoms with E-state index in [-0.39, 0.29) is 12.2 Å². The van der Waals surface area contributed by atoms with Crippen LogP contribution in [-0.2, 0) is 6.54 Å². The minimum atomic E-state index is -4.81. The van der Waals surface area contributed by atoms with Crippen molar-refractivity contribution in [2.24, 2.45) is 5.73 Å². The molecule has 0 amide bonds. The van der Waals surface area contributed by atoms with Crippen LogP contribution in [-0.4, -0.2) is 11.3 Å². The molecule has 0 bridgehead atoms. The first kappa shape index (κ1) is 12.3. The number of aromatic nitrogens is 1. The zero-order valence-electron chi connectivity index (χ0n) is 7.31. The maximum atomic E-state index is 11.9. The Bertz CT molecular complexity index is 369. The van der Waals surface area contributed by atoms with Gasteiger partial charge in [-0.2, -0.15) is 0 Å². The summed E-state index contributed by atoms with van der Waals surface area (Å²) in [7, 11) is 0. The van der Waals surface area contributed by atoms with Crippen molar-refractivity contribution < 1.29 is 17.9 Å². The van der Waals surface area contributed by atoms with Crippen molar-refractivity contribution in [2.75, 3.05) is 5.73 Å². The Hall–Kier alpha value is -0.770. The molecular weight excluding hydrogens is 326 g/mol. The molecule has 0 aliphatic carbocycles. The van der Waals surface area contributed by atoms with Crippen LogP contribution in [0.2, 0.25) is 0 Å². The molecule has 1 aromatic heterocycles. The van der Waals surface area contributed by atoms with Gasteiger partial charge in [0.2, 0.25) is 5.88 Å². The third-order valence-electron chi connectivity index (χ3n) is 1.56. The molecule has 0 atom stereocenters. The molecule has 0 saturated carbocycles. The molecule has 0 aliphatic rings. The summed E-state index contributed by atoms with van der Waals surface area (Å²) in [6, 6.07) is 0. The number of hydrogen-bond acceptors (Lipinski definition) is 4. The second-order valence-corrected chi connectivity index (χ2v) is 3.72. The molecule has 84 valence electrons. The highest BCUT2D eigenvalue weighted by Crippen LogP contribution is 2.30. The van der Waals surface area contributed by atoms with Gasteiger partial charge >= 0.3 is 6.36 Å². The number of ether oxygens (including phenoxy) is 1. The minimum absolute atomic E-state index is 0.0286. The summed E-state index contributed by atoms with van der Waals surface area (Å²) in [5.74, 6) is -0.664. The molecule has 1 heterocycles. The highest BCUT2D eigenvalue weighted by molar-refractivity contribution is 14.1. The first-order chi connectivity index (χ1) is 6.85. The lowest BCUT2D eigenvalue weighted by molar-refractivity contribution is -0.275. The molecule has 1 rings (SSSR count). The Kier molecular flexibility index (Phi) is 3.60. The molecule has 0 aliphatic heterocycles. The molecule has 0 radical (unpaired) electrons. The average molecular weight is 333 g/mol. The first-order valence-corrected chi connectivity index (χ1v) is 4.81. The average Bonchev–Trinajstić information content (AvgIpc) is 2.09. The van der Waals surface area contributed by atoms with Gasteiger partial charge in [-0.15, -0.1) is 13.2 Å². The van der Waals surface area contributed by atoms with Gasteiger partial charge in [-0.05, 0) is 22.6 Å². The third kappa shape index (κ3) is 3.09. The monoisotopic (exact) mass is 333 g/mol. The first-order valence-electron chi connectivity index (χ1n) is 3.74. The van der Waals surface area contributed by atoms with E-state index in [9.17, 15) is 13.2 Å². The largest absolute Gasteiger partial charge is 0.574 e. The van der Waals surface area contributed by atoms with Gasteiger partial charge in [0.05, 0.1) is 0 Å². The van der Waals surface area contributed by atoms with Gasteiger partial charge in [0.25, 0.3) is 0 Å². The predicted molar refractivity (Wildman–Crippen MR) is 55.9 cm³/mol. The zero-order chi connectivity index (χ0) is 11.6. The quantitative estimate of drug-likeness (QED) is 0.807. The van der Waals surface area contributed by atoms with Crippen molar-refractivity contribution in [1.29, 1.82) is 0 Å². The van der Waals surface area contributed by atoms with Crippen molar-refractivity contribution in [3.63, 3.8) is 0 Å². The molecule has 0 saturated heterocycles. The summed E-state index contributed by atoms with van der Waals surface area (Å²) >= 11 is 1.88. The van der Waals surface area contributed by atoms with Gasteiger partial charge in [-0.1, -0.05) is 0 Å². The number of halogens is 4. The summed E-state index contributed by atoms with van der Waals surface area (Å²) in [5.41, 5.74) is 11.0. The molecular formula is C7H7F3IN3O. The topological polar surface area (TPSA) is 74.2 Å². The molecule has 4 N–H and O–H groups in total. The van der Waals surface area contributed by atoms with Crippen LogP contribution in [0.4, 0.5) is 18.9 Å². The summed E-state index contributed by atoms with van der Waals surface area (Å²) in [5, 5.41) is 0. The Balaban J connectivity index is 3.11. The van der Waals surface area contributed by atoms with Crippen molar-refractivity contribution >= 4 is 28.3 Å². The van der Waals surface area contributed by atoms with Crippen LogP contribution in [0.25, 0.3) is 0 Å². The molecule has 0 spiro atoms. The van der Waals surface area contributed by atoms with E-state index in [2.05, 4.69) is 9.72 Å². The maximum Gasteiger partial charge on any atom is 0.574 e. The van der Waals surface area contributed by atoms with Crippen LogP contribution in [0.3, 0.4) is 0 Å². The normalized spacial score (nSPS) is 11.5. The lowest BCUT2D eigenvalue weighted by atomic mass is 10.2. The van der Waals surface area contributed by atoms with Gasteiger partial charge in [-0.3, -0.25) is 0 Å². The molecule has 1 aromatic rings. The van der Waals surface area contributed by atoms with E-state index in [1.807, 2.05) is 22.6 Å². The summed E-state index contributed by atoms with van der Waals surface area (Å²) in [6.07, 6.45) is -3.58. The summed E-state index contributed by atoms with van der Waals surface area (Å²) in [6.45, 7) is 0.0286. The lowest BCUT2D eigenvalue weighted by Crippen LogP contribution is -2.20. The van der Waals surface area contributed by atoms with Gasteiger partial charge < -0.3 is 16.2 Å². The van der Waals surface area contributed by atoms with Gasteiger partial charge in [0.1, 0.15) is 5.69 Å². The molecule has 0 fully saturated rings. The van der Waals surface area contributed by atoms with Crippen LogP contribution < -0.4 is 16.2 Å². The summed E-state index contributed by atoms with van der Waals surface area (Å²) < 4.78 is 40.0. The fourth-order valence-electron chi connectivity index (χ4n) is 0.919. The Morgan fingerprint density at radius 1 is 1.47 bits per heavy atom. The zero-order valence-corrected chi connectivity index (χ0v) is 9.46. The van der Waals surface area contributed by atoms with Gasteiger partial charge in [0.15, 0.2) is 0 Å². The summed E-state index contributed by atoms with van der Waals surface area (Å²) in [4.78, 5) is 3.44. The van der Waals surface area contributed by atoms with Crippen molar-refractivity contribution in [2.45, 2.75) is 12.9 Å². The van der Waals surface area contributed by atoms with Gasteiger partial charge in [-0.25, -0.2) is 4.98 Å². The number of nitrogen functional groups attached to an aromatic ring is 1. The fourth-order valence-corrected chi connectivity index (χ4v) is 1.57. The standard InChI is InChI=1S/C7H7F3IN3O/c8-7(9,10)15-6-5(13)3(1-12)4(11)2-14-6/h2H,1,12-13H2. The third-order valence-corrected chi connectivity index (χ3v) is 2.49. The van der Waals surface area contributed by atoms with E-state index in [1.165, 1.54) is 6.20 Å². The van der Waals surface area contributed by atoms with Crippen LogP contribution in [0.1, 0.15) is 5.56 Å². The Morgan fingerprint density at radius 2 is 2.07 bits per heavy atom. The van der Waals surface area contributed by atoms with E-state index >= 15 is 0 Å². The molecule has 4 nitrogen and oxygen atoms in total.